The van der Waals surface area contributed by atoms with Gasteiger partial charge in [-0.1, -0.05) is 42.5 Å². The minimum Gasteiger partial charge on any atom is -0.273 e. The van der Waals surface area contributed by atoms with Crippen molar-refractivity contribution in [1.82, 2.24) is 5.43 Å². The Hall–Kier alpha value is -2.16. The van der Waals surface area contributed by atoms with Crippen molar-refractivity contribution in [2.45, 2.75) is 12.8 Å². The zero-order valence-corrected chi connectivity index (χ0v) is 9.31. The van der Waals surface area contributed by atoms with Crippen molar-refractivity contribution >= 4 is 22.4 Å². The molecule has 0 aliphatic carbocycles. The quantitative estimate of drug-likeness (QED) is 0.794. The summed E-state index contributed by atoms with van der Waals surface area (Å²) in [4.78, 5) is 11.1. The zero-order valence-electron chi connectivity index (χ0n) is 9.31. The zero-order chi connectivity index (χ0) is 11.7. The Morgan fingerprint density at radius 3 is 2.65 bits per heavy atom. The highest BCUT2D eigenvalue weighted by Gasteiger charge is 2.14. The van der Waals surface area contributed by atoms with Gasteiger partial charge in [0.2, 0.25) is 5.91 Å². The highest BCUT2D eigenvalue weighted by Crippen LogP contribution is 2.21. The Labute approximate surface area is 99.1 Å². The smallest absolute Gasteiger partial charge is 0.240 e. The molecule has 1 amide bonds. The number of nitrogens with zero attached hydrogens (tertiary/aromatic N) is 1. The van der Waals surface area contributed by atoms with Crippen LogP contribution in [0.3, 0.4) is 0 Å². The number of carbonyl (C=O) groups excluding carboxylic acids is 1. The molecule has 0 fully saturated rings. The van der Waals surface area contributed by atoms with Crippen LogP contribution in [0.5, 0.6) is 0 Å². The molecular formula is C14H12N2O. The van der Waals surface area contributed by atoms with E-state index >= 15 is 0 Å². The first-order valence-corrected chi connectivity index (χ1v) is 5.68. The number of fused-ring (bicyclic) bond motifs is 1. The van der Waals surface area contributed by atoms with Gasteiger partial charge in [-0.2, -0.15) is 5.10 Å². The van der Waals surface area contributed by atoms with Gasteiger partial charge in [-0.15, -0.1) is 0 Å². The molecule has 84 valence electrons. The first kappa shape index (κ1) is 10.0. The van der Waals surface area contributed by atoms with Crippen LogP contribution in [0.25, 0.3) is 10.8 Å². The van der Waals surface area contributed by atoms with Crippen molar-refractivity contribution in [1.29, 1.82) is 0 Å². The Balaban J connectivity index is 2.14. The van der Waals surface area contributed by atoms with Gasteiger partial charge in [-0.25, -0.2) is 5.43 Å². The number of hydrogen-bond donors (Lipinski definition) is 1. The van der Waals surface area contributed by atoms with Crippen LogP contribution in [-0.4, -0.2) is 11.6 Å². The first-order chi connectivity index (χ1) is 8.34. The second-order valence-corrected chi connectivity index (χ2v) is 4.12. The van der Waals surface area contributed by atoms with E-state index in [4.69, 9.17) is 0 Å². The summed E-state index contributed by atoms with van der Waals surface area (Å²) < 4.78 is 0. The predicted octanol–water partition coefficient (Wildman–Crippen LogP) is 2.45. The molecule has 1 N–H and O–H groups in total. The van der Waals surface area contributed by atoms with Crippen LogP contribution in [0, 0.1) is 0 Å². The SMILES string of the molecule is O=C1CCC(c2cccc3ccccc23)=NN1. The van der Waals surface area contributed by atoms with Gasteiger partial charge in [0.15, 0.2) is 0 Å². The summed E-state index contributed by atoms with van der Waals surface area (Å²) in [5, 5.41) is 6.53. The van der Waals surface area contributed by atoms with Crippen LogP contribution in [0.2, 0.25) is 0 Å². The molecule has 2 aromatic rings. The average molecular weight is 224 g/mol. The average Bonchev–Trinajstić information content (AvgIpc) is 2.39. The lowest BCUT2D eigenvalue weighted by Gasteiger charge is -2.13. The molecule has 0 unspecified atom stereocenters. The van der Waals surface area contributed by atoms with Crippen molar-refractivity contribution in [3.63, 3.8) is 0 Å². The van der Waals surface area contributed by atoms with Gasteiger partial charge < -0.3 is 0 Å². The molecule has 3 nitrogen and oxygen atoms in total. The Morgan fingerprint density at radius 1 is 1.00 bits per heavy atom. The summed E-state index contributed by atoms with van der Waals surface area (Å²) in [5.74, 6) is -0.00557. The molecular weight excluding hydrogens is 212 g/mol. The van der Waals surface area contributed by atoms with Gasteiger partial charge in [0.25, 0.3) is 0 Å². The highest BCUT2D eigenvalue weighted by atomic mass is 16.2. The van der Waals surface area contributed by atoms with Crippen molar-refractivity contribution in [3.8, 4) is 0 Å². The molecule has 0 radical (unpaired) electrons. The number of rotatable bonds is 1. The summed E-state index contributed by atoms with van der Waals surface area (Å²) in [6.07, 6.45) is 1.22. The van der Waals surface area contributed by atoms with Crippen LogP contribution in [0.15, 0.2) is 47.6 Å². The third-order valence-corrected chi connectivity index (χ3v) is 3.00. The van der Waals surface area contributed by atoms with Crippen molar-refractivity contribution < 1.29 is 4.79 Å². The standard InChI is InChI=1S/C14H12N2O/c17-14-9-8-13(15-16-14)12-7-3-5-10-4-1-2-6-11(10)12/h1-7H,8-9H2,(H,16,17). The number of carbonyl (C=O) groups is 1. The summed E-state index contributed by atoms with van der Waals surface area (Å²) in [5.41, 5.74) is 4.62. The van der Waals surface area contributed by atoms with E-state index in [1.165, 1.54) is 10.8 Å². The van der Waals surface area contributed by atoms with Gasteiger partial charge in [0.05, 0.1) is 5.71 Å². The second-order valence-electron chi connectivity index (χ2n) is 4.12. The predicted molar refractivity (Wildman–Crippen MR) is 67.9 cm³/mol. The normalized spacial score (nSPS) is 15.5. The molecule has 1 aliphatic rings. The fraction of sp³-hybridized carbons (Fsp3) is 0.143. The summed E-state index contributed by atoms with van der Waals surface area (Å²) in [7, 11) is 0. The second kappa shape index (κ2) is 4.01. The maximum atomic E-state index is 11.1. The molecule has 1 heterocycles. The van der Waals surface area contributed by atoms with Gasteiger partial charge in [-0.05, 0) is 10.8 Å². The van der Waals surface area contributed by atoms with Crippen LogP contribution in [0.4, 0.5) is 0 Å². The number of amides is 1. The number of benzene rings is 2. The summed E-state index contributed by atoms with van der Waals surface area (Å²) in [6, 6.07) is 14.4. The van der Waals surface area contributed by atoms with Gasteiger partial charge in [-0.3, -0.25) is 4.79 Å². The van der Waals surface area contributed by atoms with E-state index in [1.54, 1.807) is 0 Å². The lowest BCUT2D eigenvalue weighted by molar-refractivity contribution is -0.121. The largest absolute Gasteiger partial charge is 0.273 e. The number of nitrogens with one attached hydrogen (secondary N) is 1. The third-order valence-electron chi connectivity index (χ3n) is 3.00. The molecule has 0 bridgehead atoms. The molecule has 0 spiro atoms. The van der Waals surface area contributed by atoms with Crippen LogP contribution in [-0.2, 0) is 4.79 Å². The fourth-order valence-corrected chi connectivity index (χ4v) is 2.15. The maximum absolute atomic E-state index is 11.1. The van der Waals surface area contributed by atoms with Crippen LogP contribution in [0.1, 0.15) is 18.4 Å². The third kappa shape index (κ3) is 1.80. The van der Waals surface area contributed by atoms with Gasteiger partial charge in [0.1, 0.15) is 0 Å². The summed E-state index contributed by atoms with van der Waals surface area (Å²) >= 11 is 0. The topological polar surface area (TPSA) is 41.5 Å². The van der Waals surface area contributed by atoms with Gasteiger partial charge in [0, 0.05) is 18.4 Å². The lowest BCUT2D eigenvalue weighted by atomic mass is 9.98. The number of hydrazone groups is 1. The van der Waals surface area contributed by atoms with E-state index in [1.807, 2.05) is 18.2 Å². The first-order valence-electron chi connectivity index (χ1n) is 5.68. The Bertz CT molecular complexity index is 611. The van der Waals surface area contributed by atoms with E-state index in [2.05, 4.69) is 34.8 Å². The van der Waals surface area contributed by atoms with E-state index in [-0.39, 0.29) is 5.91 Å². The van der Waals surface area contributed by atoms with Crippen molar-refractivity contribution in [2.24, 2.45) is 5.10 Å². The molecule has 0 saturated carbocycles. The van der Waals surface area contributed by atoms with Gasteiger partial charge >= 0.3 is 0 Å². The van der Waals surface area contributed by atoms with Crippen molar-refractivity contribution in [2.75, 3.05) is 0 Å². The van der Waals surface area contributed by atoms with E-state index in [9.17, 15) is 4.79 Å². The molecule has 0 aromatic heterocycles. The molecule has 2 aromatic carbocycles. The fourth-order valence-electron chi connectivity index (χ4n) is 2.15. The maximum Gasteiger partial charge on any atom is 0.240 e. The molecule has 3 heteroatoms. The highest BCUT2D eigenvalue weighted by molar-refractivity contribution is 6.12. The molecule has 3 rings (SSSR count). The van der Waals surface area contributed by atoms with E-state index in [0.717, 1.165) is 11.3 Å². The monoisotopic (exact) mass is 224 g/mol. The molecule has 1 aliphatic heterocycles. The molecule has 0 saturated heterocycles. The van der Waals surface area contributed by atoms with Crippen LogP contribution < -0.4 is 5.43 Å². The molecule has 0 atom stereocenters. The summed E-state index contributed by atoms with van der Waals surface area (Å²) in [6.45, 7) is 0. The van der Waals surface area contributed by atoms with Crippen molar-refractivity contribution in [3.05, 3.63) is 48.0 Å². The van der Waals surface area contributed by atoms with Crippen LogP contribution >= 0.6 is 0 Å². The van der Waals surface area contributed by atoms with E-state index in [0.29, 0.717) is 12.8 Å². The lowest BCUT2D eigenvalue weighted by Crippen LogP contribution is -2.25. The minimum absolute atomic E-state index is 0.00557. The Kier molecular flexibility index (Phi) is 2.37. The van der Waals surface area contributed by atoms with E-state index < -0.39 is 0 Å². The molecule has 17 heavy (non-hydrogen) atoms. The number of hydrogen-bond acceptors (Lipinski definition) is 2. The Morgan fingerprint density at radius 2 is 1.82 bits per heavy atom. The minimum atomic E-state index is -0.00557.